The van der Waals surface area contributed by atoms with Crippen molar-refractivity contribution in [1.29, 1.82) is 0 Å². The van der Waals surface area contributed by atoms with Gasteiger partial charge in [0.15, 0.2) is 0 Å². The lowest BCUT2D eigenvalue weighted by Gasteiger charge is -2.30. The summed E-state index contributed by atoms with van der Waals surface area (Å²) in [6.45, 7) is 8.06. The van der Waals surface area contributed by atoms with Crippen molar-refractivity contribution in [3.05, 3.63) is 81.6 Å². The maximum atomic E-state index is 13.6. The predicted octanol–water partition coefficient (Wildman–Crippen LogP) is 4.72. The van der Waals surface area contributed by atoms with Crippen LogP contribution in [0.4, 0.5) is 0 Å². The Balaban J connectivity index is 1.62. The summed E-state index contributed by atoms with van der Waals surface area (Å²) < 4.78 is 34.0. The van der Waals surface area contributed by atoms with Crippen molar-refractivity contribution in [3.8, 4) is 0 Å². The molecule has 11 heteroatoms. The van der Waals surface area contributed by atoms with E-state index in [1.807, 2.05) is 13.8 Å². The van der Waals surface area contributed by atoms with Crippen molar-refractivity contribution in [2.45, 2.75) is 37.3 Å². The third-order valence-corrected chi connectivity index (χ3v) is 8.42. The number of hydrogen-bond acceptors (Lipinski definition) is 6. The molecule has 0 unspecified atom stereocenters. The lowest BCUT2D eigenvalue weighted by molar-refractivity contribution is 0.0319. The highest BCUT2D eigenvalue weighted by Crippen LogP contribution is 2.24. The van der Waals surface area contributed by atoms with Crippen LogP contribution in [-0.2, 0) is 26.9 Å². The Morgan fingerprint density at radius 2 is 1.76 bits per heavy atom. The van der Waals surface area contributed by atoms with E-state index < -0.39 is 9.84 Å². The molecule has 0 atom stereocenters. The van der Waals surface area contributed by atoms with Gasteiger partial charge in [0, 0.05) is 47.8 Å². The van der Waals surface area contributed by atoms with Gasteiger partial charge in [-0.3, -0.25) is 9.69 Å². The van der Waals surface area contributed by atoms with Crippen LogP contribution >= 0.6 is 23.2 Å². The zero-order chi connectivity index (χ0) is 27.3. The molecule has 1 aliphatic rings. The Labute approximate surface area is 234 Å². The molecule has 2 aromatic carbocycles. The van der Waals surface area contributed by atoms with Crippen molar-refractivity contribution >= 4 is 38.9 Å². The third-order valence-electron chi connectivity index (χ3n) is 6.38. The minimum Gasteiger partial charge on any atom is -0.379 e. The Morgan fingerprint density at radius 1 is 1.08 bits per heavy atom. The number of carbonyl (C=O) groups is 1. The monoisotopic (exact) mass is 578 g/mol. The van der Waals surface area contributed by atoms with Crippen molar-refractivity contribution in [1.82, 2.24) is 19.4 Å². The summed E-state index contributed by atoms with van der Waals surface area (Å²) in [4.78, 5) is 21.9. The number of rotatable bonds is 10. The first-order valence-electron chi connectivity index (χ1n) is 12.5. The van der Waals surface area contributed by atoms with Gasteiger partial charge in [0.2, 0.25) is 15.0 Å². The van der Waals surface area contributed by atoms with Gasteiger partial charge >= 0.3 is 0 Å². The summed E-state index contributed by atoms with van der Waals surface area (Å²) in [5.41, 5.74) is 1.70. The number of hydrogen-bond donors (Lipinski definition) is 0. The fourth-order valence-electron chi connectivity index (χ4n) is 4.53. The van der Waals surface area contributed by atoms with E-state index in [1.54, 1.807) is 64.2 Å². The van der Waals surface area contributed by atoms with Crippen LogP contribution < -0.4 is 0 Å². The number of morpholine rings is 1. The van der Waals surface area contributed by atoms with Crippen LogP contribution in [0.3, 0.4) is 0 Å². The predicted molar refractivity (Wildman–Crippen MR) is 148 cm³/mol. The lowest BCUT2D eigenvalue weighted by atomic mass is 10.2. The van der Waals surface area contributed by atoms with Gasteiger partial charge < -0.3 is 14.2 Å². The largest absolute Gasteiger partial charge is 0.379 e. The molecule has 1 saturated heterocycles. The number of carbonyl (C=O) groups excluding carboxylic acids is 1. The van der Waals surface area contributed by atoms with Crippen LogP contribution in [0.2, 0.25) is 10.0 Å². The molecule has 0 radical (unpaired) electrons. The fourth-order valence-corrected chi connectivity index (χ4v) is 6.52. The summed E-state index contributed by atoms with van der Waals surface area (Å²) in [6, 6.07) is 13.4. The van der Waals surface area contributed by atoms with E-state index >= 15 is 0 Å². The van der Waals surface area contributed by atoms with Crippen LogP contribution in [0.1, 0.15) is 41.5 Å². The quantitative estimate of drug-likeness (QED) is 0.346. The Kier molecular flexibility index (Phi) is 9.49. The number of amides is 1. The number of nitrogens with zero attached hydrogens (tertiary/aromatic N) is 4. The molecule has 1 amide bonds. The van der Waals surface area contributed by atoms with Crippen molar-refractivity contribution in [2.75, 3.05) is 39.4 Å². The van der Waals surface area contributed by atoms with Crippen LogP contribution in [-0.4, -0.2) is 73.1 Å². The Bertz CT molecular complexity index is 1370. The third kappa shape index (κ3) is 7.15. The van der Waals surface area contributed by atoms with Gasteiger partial charge in [0.25, 0.3) is 5.91 Å². The molecule has 2 heterocycles. The molecule has 8 nitrogen and oxygen atoms in total. The summed E-state index contributed by atoms with van der Waals surface area (Å²) in [5.74, 6) is -0.403. The van der Waals surface area contributed by atoms with E-state index in [-0.39, 0.29) is 29.4 Å². The molecule has 0 saturated carbocycles. The summed E-state index contributed by atoms with van der Waals surface area (Å²) in [5, 5.41) is 0.928. The number of sulfone groups is 1. The first-order valence-corrected chi connectivity index (χ1v) is 14.9. The van der Waals surface area contributed by atoms with Crippen molar-refractivity contribution in [3.63, 3.8) is 0 Å². The van der Waals surface area contributed by atoms with Gasteiger partial charge in [-0.2, -0.15) is 0 Å². The van der Waals surface area contributed by atoms with E-state index in [1.165, 1.54) is 0 Å². The summed E-state index contributed by atoms with van der Waals surface area (Å²) >= 11 is 12.2. The molecule has 0 N–H and O–H groups in total. The lowest BCUT2D eigenvalue weighted by Crippen LogP contribution is -2.43. The number of benzene rings is 2. The molecular formula is C27H32Cl2N4O4S. The molecule has 0 bridgehead atoms. The van der Waals surface area contributed by atoms with E-state index in [4.69, 9.17) is 27.9 Å². The van der Waals surface area contributed by atoms with E-state index in [9.17, 15) is 13.2 Å². The highest BCUT2D eigenvalue weighted by Gasteiger charge is 2.27. The standard InChI is InChI=1S/C27H32Cl2N4O4S/c1-20(2)33-25(17-30-27(33)38(35,36)19-21-5-3-7-23(28)15-21)18-32(10-9-31-11-13-37-14-12-31)26(34)22-6-4-8-24(29)16-22/h3-8,15-17,20H,9-14,18-19H2,1-2H3. The topological polar surface area (TPSA) is 84.7 Å². The maximum Gasteiger partial charge on any atom is 0.254 e. The first kappa shape index (κ1) is 28.6. The van der Waals surface area contributed by atoms with E-state index in [2.05, 4.69) is 9.88 Å². The normalized spacial score (nSPS) is 14.7. The van der Waals surface area contributed by atoms with E-state index in [0.29, 0.717) is 53.2 Å². The average molecular weight is 580 g/mol. The highest BCUT2D eigenvalue weighted by molar-refractivity contribution is 7.90. The van der Waals surface area contributed by atoms with Crippen LogP contribution in [0.5, 0.6) is 0 Å². The Hall–Kier alpha value is -2.43. The zero-order valence-electron chi connectivity index (χ0n) is 21.5. The molecular weight excluding hydrogens is 547 g/mol. The molecule has 0 spiro atoms. The van der Waals surface area contributed by atoms with Gasteiger partial charge in [-0.15, -0.1) is 0 Å². The SMILES string of the molecule is CC(C)n1c(CN(CCN2CCOCC2)C(=O)c2cccc(Cl)c2)cnc1S(=O)(=O)Cc1cccc(Cl)c1. The molecule has 0 aliphatic carbocycles. The minimum atomic E-state index is -3.78. The van der Waals surface area contributed by atoms with Gasteiger partial charge in [0.05, 0.1) is 37.4 Å². The number of halogens is 2. The van der Waals surface area contributed by atoms with Crippen LogP contribution in [0.15, 0.2) is 59.9 Å². The highest BCUT2D eigenvalue weighted by atomic mass is 35.5. The zero-order valence-corrected chi connectivity index (χ0v) is 23.8. The van der Waals surface area contributed by atoms with Crippen LogP contribution in [0.25, 0.3) is 0 Å². The average Bonchev–Trinajstić information content (AvgIpc) is 3.31. The number of aromatic nitrogens is 2. The smallest absolute Gasteiger partial charge is 0.254 e. The molecule has 3 aromatic rings. The molecule has 1 aromatic heterocycles. The van der Waals surface area contributed by atoms with Crippen molar-refractivity contribution < 1.29 is 17.9 Å². The summed E-state index contributed by atoms with van der Waals surface area (Å²) in [6.07, 6.45) is 1.55. The maximum absolute atomic E-state index is 13.6. The molecule has 1 fully saturated rings. The second kappa shape index (κ2) is 12.6. The Morgan fingerprint density at radius 3 is 2.42 bits per heavy atom. The van der Waals surface area contributed by atoms with Gasteiger partial charge in [-0.1, -0.05) is 41.4 Å². The molecule has 204 valence electrons. The number of imidazole rings is 1. The molecule has 1 aliphatic heterocycles. The van der Waals surface area contributed by atoms with Gasteiger partial charge in [0.1, 0.15) is 0 Å². The molecule has 38 heavy (non-hydrogen) atoms. The van der Waals surface area contributed by atoms with Crippen LogP contribution in [0, 0.1) is 0 Å². The van der Waals surface area contributed by atoms with E-state index in [0.717, 1.165) is 13.1 Å². The second-order valence-electron chi connectivity index (χ2n) is 9.58. The summed E-state index contributed by atoms with van der Waals surface area (Å²) in [7, 11) is -3.78. The second-order valence-corrected chi connectivity index (χ2v) is 12.3. The van der Waals surface area contributed by atoms with Crippen molar-refractivity contribution in [2.24, 2.45) is 0 Å². The van der Waals surface area contributed by atoms with Gasteiger partial charge in [-0.05, 0) is 49.7 Å². The molecule has 4 rings (SSSR count). The fraction of sp³-hybridized carbons (Fsp3) is 0.407. The van der Waals surface area contributed by atoms with Gasteiger partial charge in [-0.25, -0.2) is 13.4 Å². The number of ether oxygens (including phenoxy) is 1. The minimum absolute atomic E-state index is 0.0224. The first-order chi connectivity index (χ1) is 18.1.